The first-order valence-corrected chi connectivity index (χ1v) is 8.16. The van der Waals surface area contributed by atoms with E-state index in [-0.39, 0.29) is 0 Å². The normalized spacial score (nSPS) is 10.6. The molecule has 0 fully saturated rings. The largest absolute Gasteiger partial charge is 0.493 e. The van der Waals surface area contributed by atoms with Gasteiger partial charge in [-0.25, -0.2) is 0 Å². The number of halogens is 1. The summed E-state index contributed by atoms with van der Waals surface area (Å²) >= 11 is 6.18. The van der Waals surface area contributed by atoms with Gasteiger partial charge in [-0.3, -0.25) is 20.4 Å². The van der Waals surface area contributed by atoms with E-state index in [2.05, 4.69) is 10.9 Å². The van der Waals surface area contributed by atoms with Crippen LogP contribution < -0.4 is 20.3 Å². The van der Waals surface area contributed by atoms with Gasteiger partial charge in [0, 0.05) is 6.08 Å². The van der Waals surface area contributed by atoms with Gasteiger partial charge in [0.25, 0.3) is 11.8 Å². The first kappa shape index (κ1) is 19.4. The molecule has 0 atom stereocenters. The van der Waals surface area contributed by atoms with Crippen molar-refractivity contribution in [1.29, 1.82) is 0 Å². The van der Waals surface area contributed by atoms with Crippen molar-refractivity contribution in [2.45, 2.75) is 13.8 Å². The lowest BCUT2D eigenvalue weighted by Gasteiger charge is -2.11. The summed E-state index contributed by atoms with van der Waals surface area (Å²) in [6, 6.07) is 4.85. The summed E-state index contributed by atoms with van der Waals surface area (Å²) in [5, 5.41) is 0.370. The van der Waals surface area contributed by atoms with Gasteiger partial charge in [-0.1, -0.05) is 11.6 Å². The summed E-state index contributed by atoms with van der Waals surface area (Å²) in [5.74, 6) is 0.389. The molecule has 1 aromatic heterocycles. The first-order chi connectivity index (χ1) is 12.5. The third-order valence-corrected chi connectivity index (χ3v) is 3.65. The summed E-state index contributed by atoms with van der Waals surface area (Å²) in [6.07, 6.45) is 4.19. The summed E-state index contributed by atoms with van der Waals surface area (Å²) in [5.41, 5.74) is 5.57. The molecule has 1 heterocycles. The number of furan rings is 1. The quantitative estimate of drug-likeness (QED) is 0.595. The number of rotatable bonds is 6. The van der Waals surface area contributed by atoms with Crippen LogP contribution in [0.5, 0.6) is 11.5 Å². The minimum Gasteiger partial charge on any atom is -0.493 e. The first-order valence-electron chi connectivity index (χ1n) is 7.79. The third-order valence-electron chi connectivity index (χ3n) is 3.37. The SMILES string of the molecule is CCOc1c(Cl)cc(/C=C/C(=O)NNC(=O)c2ccoc2C)cc1OC. The molecule has 2 amide bonds. The number of carbonyl (C=O) groups is 2. The highest BCUT2D eigenvalue weighted by Crippen LogP contribution is 2.36. The van der Waals surface area contributed by atoms with Crippen LogP contribution in [0.15, 0.2) is 35.0 Å². The molecule has 0 aliphatic heterocycles. The summed E-state index contributed by atoms with van der Waals surface area (Å²) < 4.78 is 15.7. The Bertz CT molecular complexity index is 829. The zero-order valence-electron chi connectivity index (χ0n) is 14.6. The molecule has 0 aliphatic carbocycles. The second kappa shape index (κ2) is 8.96. The van der Waals surface area contributed by atoms with Crippen molar-refractivity contribution >= 4 is 29.5 Å². The minimum absolute atomic E-state index is 0.345. The smallest absolute Gasteiger partial charge is 0.273 e. The number of ether oxygens (including phenoxy) is 2. The van der Waals surface area contributed by atoms with Gasteiger partial charge in [0.1, 0.15) is 5.76 Å². The number of carbonyl (C=O) groups excluding carboxylic acids is 2. The van der Waals surface area contributed by atoms with Crippen LogP contribution in [0.25, 0.3) is 6.08 Å². The fourth-order valence-corrected chi connectivity index (χ4v) is 2.41. The van der Waals surface area contributed by atoms with Crippen LogP contribution >= 0.6 is 11.6 Å². The van der Waals surface area contributed by atoms with Crippen molar-refractivity contribution in [3.8, 4) is 11.5 Å². The molecule has 8 heteroatoms. The lowest BCUT2D eigenvalue weighted by atomic mass is 10.2. The Kier molecular flexibility index (Phi) is 6.68. The van der Waals surface area contributed by atoms with Crippen LogP contribution in [-0.2, 0) is 4.79 Å². The number of methoxy groups -OCH3 is 1. The average molecular weight is 379 g/mol. The number of benzene rings is 1. The van der Waals surface area contributed by atoms with Crippen molar-refractivity contribution in [3.63, 3.8) is 0 Å². The maximum absolute atomic E-state index is 11.9. The molecule has 0 aliphatic rings. The van der Waals surface area contributed by atoms with Crippen molar-refractivity contribution < 1.29 is 23.5 Å². The summed E-state index contributed by atoms with van der Waals surface area (Å²) in [4.78, 5) is 23.7. The predicted octanol–water partition coefficient (Wildman–Crippen LogP) is 3.12. The van der Waals surface area contributed by atoms with Gasteiger partial charge in [-0.2, -0.15) is 0 Å². The molecule has 138 valence electrons. The number of hydrogen-bond acceptors (Lipinski definition) is 5. The van der Waals surface area contributed by atoms with E-state index in [0.717, 1.165) is 0 Å². The molecule has 0 unspecified atom stereocenters. The molecular weight excluding hydrogens is 360 g/mol. The average Bonchev–Trinajstić information content (AvgIpc) is 3.05. The fourth-order valence-electron chi connectivity index (χ4n) is 2.14. The summed E-state index contributed by atoms with van der Waals surface area (Å²) in [7, 11) is 1.50. The Balaban J connectivity index is 2.00. The number of hydrazine groups is 1. The van der Waals surface area contributed by atoms with Crippen LogP contribution in [0.1, 0.15) is 28.6 Å². The Labute approximate surface area is 155 Å². The topological polar surface area (TPSA) is 89.8 Å². The molecule has 2 rings (SSSR count). The lowest BCUT2D eigenvalue weighted by molar-refractivity contribution is -0.117. The molecule has 0 saturated heterocycles. The van der Waals surface area contributed by atoms with Crippen molar-refractivity contribution in [2.75, 3.05) is 13.7 Å². The van der Waals surface area contributed by atoms with Crippen molar-refractivity contribution in [1.82, 2.24) is 10.9 Å². The van der Waals surface area contributed by atoms with Crippen LogP contribution in [0.4, 0.5) is 0 Å². The monoisotopic (exact) mass is 378 g/mol. The maximum Gasteiger partial charge on any atom is 0.273 e. The zero-order chi connectivity index (χ0) is 19.1. The molecule has 2 aromatic rings. The molecule has 0 saturated carbocycles. The number of nitrogens with one attached hydrogen (secondary N) is 2. The number of aryl methyl sites for hydroxylation is 1. The van der Waals surface area contributed by atoms with Gasteiger partial charge in [-0.15, -0.1) is 0 Å². The van der Waals surface area contributed by atoms with E-state index < -0.39 is 11.8 Å². The van der Waals surface area contributed by atoms with E-state index in [1.165, 1.54) is 31.6 Å². The van der Waals surface area contributed by atoms with Gasteiger partial charge < -0.3 is 13.9 Å². The van der Waals surface area contributed by atoms with E-state index in [0.29, 0.717) is 40.0 Å². The zero-order valence-corrected chi connectivity index (χ0v) is 15.3. The molecule has 0 radical (unpaired) electrons. The predicted molar refractivity (Wildman–Crippen MR) is 97.3 cm³/mol. The molecule has 0 spiro atoms. The Morgan fingerprint density at radius 3 is 2.69 bits per heavy atom. The lowest BCUT2D eigenvalue weighted by Crippen LogP contribution is -2.40. The van der Waals surface area contributed by atoms with E-state index >= 15 is 0 Å². The highest BCUT2D eigenvalue weighted by molar-refractivity contribution is 6.32. The van der Waals surface area contributed by atoms with Gasteiger partial charge >= 0.3 is 0 Å². The molecule has 1 aromatic carbocycles. The maximum atomic E-state index is 11.9. The number of hydrogen-bond donors (Lipinski definition) is 2. The molecule has 26 heavy (non-hydrogen) atoms. The van der Waals surface area contributed by atoms with E-state index in [9.17, 15) is 9.59 Å². The van der Waals surface area contributed by atoms with Crippen LogP contribution in [0.3, 0.4) is 0 Å². The second-order valence-electron chi connectivity index (χ2n) is 5.13. The van der Waals surface area contributed by atoms with E-state index in [1.807, 2.05) is 6.92 Å². The second-order valence-corrected chi connectivity index (χ2v) is 5.54. The van der Waals surface area contributed by atoms with Gasteiger partial charge in [0.05, 0.1) is 30.6 Å². The highest BCUT2D eigenvalue weighted by atomic mass is 35.5. The summed E-state index contributed by atoms with van der Waals surface area (Å²) in [6.45, 7) is 3.94. The van der Waals surface area contributed by atoms with Gasteiger partial charge in [0.15, 0.2) is 11.5 Å². The Morgan fingerprint density at radius 2 is 2.08 bits per heavy atom. The number of amides is 2. The van der Waals surface area contributed by atoms with Crippen LogP contribution in [0, 0.1) is 6.92 Å². The molecular formula is C18H19ClN2O5. The van der Waals surface area contributed by atoms with E-state index in [1.54, 1.807) is 19.1 Å². The van der Waals surface area contributed by atoms with Crippen molar-refractivity contribution in [3.05, 3.63) is 52.4 Å². The fraction of sp³-hybridized carbons (Fsp3) is 0.222. The molecule has 7 nitrogen and oxygen atoms in total. The standard InChI is InChI=1S/C18H19ClN2O5/c1-4-25-17-14(19)9-12(10-15(17)24-3)5-6-16(22)20-21-18(23)13-7-8-26-11(13)2/h5-10H,4H2,1-3H3,(H,20,22)(H,21,23)/b6-5+. The van der Waals surface area contributed by atoms with E-state index in [4.69, 9.17) is 25.5 Å². The van der Waals surface area contributed by atoms with Gasteiger partial charge in [-0.05, 0) is 43.7 Å². The third kappa shape index (κ3) is 4.80. The Morgan fingerprint density at radius 1 is 1.31 bits per heavy atom. The van der Waals surface area contributed by atoms with Crippen molar-refractivity contribution in [2.24, 2.45) is 0 Å². The Hall–Kier alpha value is -2.93. The van der Waals surface area contributed by atoms with Crippen LogP contribution in [0.2, 0.25) is 5.02 Å². The van der Waals surface area contributed by atoms with Gasteiger partial charge in [0.2, 0.25) is 0 Å². The van der Waals surface area contributed by atoms with Crippen LogP contribution in [-0.4, -0.2) is 25.5 Å². The molecule has 0 bridgehead atoms. The highest BCUT2D eigenvalue weighted by Gasteiger charge is 2.12. The molecule has 2 N–H and O–H groups in total. The minimum atomic E-state index is -0.511.